The maximum Gasteiger partial charge on any atom is 0.225 e. The summed E-state index contributed by atoms with van der Waals surface area (Å²) in [6, 6.07) is 13.0. The summed E-state index contributed by atoms with van der Waals surface area (Å²) in [7, 11) is 3.84. The molecule has 1 unspecified atom stereocenters. The van der Waals surface area contributed by atoms with Crippen LogP contribution in [0.3, 0.4) is 0 Å². The average Bonchev–Trinajstić information content (AvgIpc) is 2.71. The van der Waals surface area contributed by atoms with Crippen molar-refractivity contribution in [3.63, 3.8) is 0 Å². The molecule has 30 heavy (non-hydrogen) atoms. The van der Waals surface area contributed by atoms with E-state index in [1.165, 1.54) is 6.07 Å². The molecular formula is C23H30FN5O. The Labute approximate surface area is 177 Å². The largest absolute Gasteiger partial charge is 0.357 e. The van der Waals surface area contributed by atoms with E-state index in [2.05, 4.69) is 27.0 Å². The standard InChI is InChI=1S/C23H30FN5O/c1-4-25-23(26-13-16-9-10-20(24)18(11-16)15-29(2)3)27-14-17-12-22(30)28-21-8-6-5-7-19(17)21/h5-11,17H,4,12-15H2,1-3H3,(H,28,30)(H2,25,26,27). The van der Waals surface area contributed by atoms with Crippen LogP contribution < -0.4 is 16.0 Å². The van der Waals surface area contributed by atoms with E-state index in [1.807, 2.05) is 50.2 Å². The van der Waals surface area contributed by atoms with Crippen molar-refractivity contribution in [1.29, 1.82) is 0 Å². The monoisotopic (exact) mass is 411 g/mol. The fraction of sp³-hybridized carbons (Fsp3) is 0.391. The summed E-state index contributed by atoms with van der Waals surface area (Å²) in [4.78, 5) is 18.6. The summed E-state index contributed by atoms with van der Waals surface area (Å²) >= 11 is 0. The molecule has 1 aliphatic heterocycles. The van der Waals surface area contributed by atoms with Gasteiger partial charge in [0.1, 0.15) is 5.82 Å². The van der Waals surface area contributed by atoms with Crippen molar-refractivity contribution in [2.45, 2.75) is 32.4 Å². The molecule has 3 N–H and O–H groups in total. The van der Waals surface area contributed by atoms with Gasteiger partial charge in [0.05, 0.1) is 6.54 Å². The predicted octanol–water partition coefficient (Wildman–Crippen LogP) is 3.07. The molecular weight excluding hydrogens is 381 g/mol. The minimum Gasteiger partial charge on any atom is -0.357 e. The Balaban J connectivity index is 1.68. The van der Waals surface area contributed by atoms with E-state index < -0.39 is 0 Å². The van der Waals surface area contributed by atoms with Gasteiger partial charge in [-0.25, -0.2) is 9.38 Å². The number of amides is 1. The summed E-state index contributed by atoms with van der Waals surface area (Å²) in [6.45, 7) is 4.32. The van der Waals surface area contributed by atoms with Crippen molar-refractivity contribution >= 4 is 17.6 Å². The molecule has 2 aromatic carbocycles. The number of benzene rings is 2. The van der Waals surface area contributed by atoms with Gasteiger partial charge < -0.3 is 20.9 Å². The molecule has 6 nitrogen and oxygen atoms in total. The number of nitrogens with one attached hydrogen (secondary N) is 3. The zero-order chi connectivity index (χ0) is 21.5. The second-order valence-corrected chi connectivity index (χ2v) is 7.78. The molecule has 0 bridgehead atoms. The van der Waals surface area contributed by atoms with Gasteiger partial charge in [0, 0.05) is 43.2 Å². The second kappa shape index (κ2) is 10.2. The molecule has 7 heteroatoms. The predicted molar refractivity (Wildman–Crippen MR) is 119 cm³/mol. The van der Waals surface area contributed by atoms with Crippen LogP contribution in [0.5, 0.6) is 0 Å². The van der Waals surface area contributed by atoms with Crippen molar-refractivity contribution in [2.75, 3.05) is 32.5 Å². The lowest BCUT2D eigenvalue weighted by molar-refractivity contribution is -0.116. The maximum absolute atomic E-state index is 14.0. The Morgan fingerprint density at radius 2 is 2.03 bits per heavy atom. The number of guanidine groups is 1. The van der Waals surface area contributed by atoms with E-state index in [0.29, 0.717) is 37.6 Å². The molecule has 0 spiro atoms. The first-order valence-electron chi connectivity index (χ1n) is 10.3. The Kier molecular flexibility index (Phi) is 7.41. The average molecular weight is 412 g/mol. The van der Waals surface area contributed by atoms with Crippen LogP contribution in [0.2, 0.25) is 0 Å². The highest BCUT2D eigenvalue weighted by atomic mass is 19.1. The molecule has 0 saturated heterocycles. The molecule has 0 saturated carbocycles. The summed E-state index contributed by atoms with van der Waals surface area (Å²) in [6.07, 6.45) is 0.440. The van der Waals surface area contributed by atoms with Gasteiger partial charge in [-0.3, -0.25) is 4.79 Å². The quantitative estimate of drug-likeness (QED) is 0.484. The molecule has 0 fully saturated rings. The van der Waals surface area contributed by atoms with Gasteiger partial charge in [0.25, 0.3) is 0 Å². The third-order valence-corrected chi connectivity index (χ3v) is 4.98. The first-order chi connectivity index (χ1) is 14.5. The highest BCUT2D eigenvalue weighted by Crippen LogP contribution is 2.31. The molecule has 1 amide bonds. The Morgan fingerprint density at radius 1 is 1.23 bits per heavy atom. The Bertz CT molecular complexity index is 912. The van der Waals surface area contributed by atoms with Crippen molar-refractivity contribution in [3.8, 4) is 0 Å². The molecule has 0 radical (unpaired) electrons. The first kappa shape index (κ1) is 21.8. The molecule has 3 rings (SSSR count). The van der Waals surface area contributed by atoms with Crippen LogP contribution in [-0.4, -0.2) is 44.0 Å². The number of anilines is 1. The smallest absolute Gasteiger partial charge is 0.225 e. The summed E-state index contributed by atoms with van der Waals surface area (Å²) in [5.41, 5.74) is 3.62. The van der Waals surface area contributed by atoms with Crippen LogP contribution >= 0.6 is 0 Å². The zero-order valence-corrected chi connectivity index (χ0v) is 17.8. The molecule has 0 aliphatic carbocycles. The van der Waals surface area contributed by atoms with E-state index in [1.54, 1.807) is 6.07 Å². The fourth-order valence-corrected chi connectivity index (χ4v) is 3.60. The third kappa shape index (κ3) is 5.79. The number of nitrogens with zero attached hydrogens (tertiary/aromatic N) is 2. The van der Waals surface area contributed by atoms with Gasteiger partial charge >= 0.3 is 0 Å². The summed E-state index contributed by atoms with van der Waals surface area (Å²) in [5.74, 6) is 0.591. The lowest BCUT2D eigenvalue weighted by atomic mass is 9.90. The number of halogens is 1. The van der Waals surface area contributed by atoms with Gasteiger partial charge in [0.15, 0.2) is 5.96 Å². The molecule has 0 aromatic heterocycles. The van der Waals surface area contributed by atoms with Crippen molar-refractivity contribution in [2.24, 2.45) is 4.99 Å². The van der Waals surface area contributed by atoms with Crippen LogP contribution in [0.1, 0.15) is 36.0 Å². The van der Waals surface area contributed by atoms with Crippen LogP contribution in [0.25, 0.3) is 0 Å². The molecule has 2 aromatic rings. The summed E-state index contributed by atoms with van der Waals surface area (Å²) in [5, 5.41) is 9.52. The van der Waals surface area contributed by atoms with Crippen LogP contribution in [0.4, 0.5) is 10.1 Å². The van der Waals surface area contributed by atoms with Crippen molar-refractivity contribution in [3.05, 3.63) is 65.0 Å². The Morgan fingerprint density at radius 3 is 2.80 bits per heavy atom. The van der Waals surface area contributed by atoms with Crippen molar-refractivity contribution in [1.82, 2.24) is 15.5 Å². The SMILES string of the molecule is CCNC(=NCc1ccc(F)c(CN(C)C)c1)NCC1CC(=O)Nc2ccccc21. The maximum atomic E-state index is 14.0. The van der Waals surface area contributed by atoms with E-state index in [4.69, 9.17) is 0 Å². The minimum atomic E-state index is -0.198. The lowest BCUT2D eigenvalue weighted by Crippen LogP contribution is -2.40. The molecule has 160 valence electrons. The van der Waals surface area contributed by atoms with Crippen molar-refractivity contribution < 1.29 is 9.18 Å². The number of carbonyl (C=O) groups excluding carboxylic acids is 1. The lowest BCUT2D eigenvalue weighted by Gasteiger charge is -2.26. The first-order valence-corrected chi connectivity index (χ1v) is 10.3. The van der Waals surface area contributed by atoms with E-state index >= 15 is 0 Å². The number of hydrogen-bond acceptors (Lipinski definition) is 3. The van der Waals surface area contributed by atoms with Crippen LogP contribution in [0, 0.1) is 5.82 Å². The third-order valence-electron chi connectivity index (χ3n) is 4.98. The number of para-hydroxylation sites is 1. The topological polar surface area (TPSA) is 68.8 Å². The van der Waals surface area contributed by atoms with Gasteiger partial charge in [-0.05, 0) is 50.3 Å². The summed E-state index contributed by atoms with van der Waals surface area (Å²) < 4.78 is 14.0. The fourth-order valence-electron chi connectivity index (χ4n) is 3.60. The van der Waals surface area contributed by atoms with Gasteiger partial charge in [0.2, 0.25) is 5.91 Å². The Hall–Kier alpha value is -2.93. The van der Waals surface area contributed by atoms with Gasteiger partial charge in [-0.15, -0.1) is 0 Å². The van der Waals surface area contributed by atoms with Crippen LogP contribution in [0.15, 0.2) is 47.5 Å². The molecule has 1 aliphatic rings. The van der Waals surface area contributed by atoms with E-state index in [-0.39, 0.29) is 17.6 Å². The molecule has 1 atom stereocenters. The number of fused-ring (bicyclic) bond motifs is 1. The second-order valence-electron chi connectivity index (χ2n) is 7.78. The van der Waals surface area contributed by atoms with Crippen LogP contribution in [-0.2, 0) is 17.9 Å². The highest BCUT2D eigenvalue weighted by molar-refractivity contribution is 5.94. The zero-order valence-electron chi connectivity index (χ0n) is 17.8. The van der Waals surface area contributed by atoms with Gasteiger partial charge in [-0.2, -0.15) is 0 Å². The number of aliphatic imine (C=N–C) groups is 1. The van der Waals surface area contributed by atoms with E-state index in [0.717, 1.165) is 23.4 Å². The number of hydrogen-bond donors (Lipinski definition) is 3. The number of carbonyl (C=O) groups is 1. The normalized spacial score (nSPS) is 16.2. The minimum absolute atomic E-state index is 0.0298. The van der Waals surface area contributed by atoms with Gasteiger partial charge in [-0.1, -0.05) is 24.3 Å². The number of rotatable bonds is 7. The highest BCUT2D eigenvalue weighted by Gasteiger charge is 2.24. The van der Waals surface area contributed by atoms with E-state index in [9.17, 15) is 9.18 Å². The molecule has 1 heterocycles.